The Labute approximate surface area is 187 Å². The first-order valence-corrected chi connectivity index (χ1v) is 11.7. The Balaban J connectivity index is 1.38. The van der Waals surface area contributed by atoms with Gasteiger partial charge in [-0.05, 0) is 65.2 Å². The highest BCUT2D eigenvalue weighted by Gasteiger charge is 2.46. The quantitative estimate of drug-likeness (QED) is 0.552. The Hall–Kier alpha value is -1.94. The zero-order valence-corrected chi connectivity index (χ0v) is 18.9. The van der Waals surface area contributed by atoms with E-state index in [1.807, 2.05) is 18.2 Å². The fourth-order valence-electron chi connectivity index (χ4n) is 5.57. The molecule has 2 aromatic carbocycles. The fourth-order valence-corrected chi connectivity index (χ4v) is 5.57. The Kier molecular flexibility index (Phi) is 7.27. The van der Waals surface area contributed by atoms with Crippen LogP contribution >= 0.6 is 0 Å². The predicted octanol–water partition coefficient (Wildman–Crippen LogP) is 5.76. The second kappa shape index (κ2) is 10.1. The molecule has 2 aliphatic carbocycles. The first-order valence-electron chi connectivity index (χ1n) is 11.7. The maximum absolute atomic E-state index is 9.27. The maximum Gasteiger partial charge on any atom is 0.0721 e. The van der Waals surface area contributed by atoms with E-state index in [1.165, 1.54) is 41.5 Å². The summed E-state index contributed by atoms with van der Waals surface area (Å²) in [5, 5.41) is 9.27. The van der Waals surface area contributed by atoms with Gasteiger partial charge in [0, 0.05) is 0 Å². The highest BCUT2D eigenvalue weighted by molar-refractivity contribution is 5.53. The van der Waals surface area contributed by atoms with Crippen LogP contribution in [0.3, 0.4) is 0 Å². The van der Waals surface area contributed by atoms with Crippen LogP contribution in [0.1, 0.15) is 61.3 Å². The first-order chi connectivity index (χ1) is 15.1. The molecule has 0 heterocycles. The molecule has 0 radical (unpaired) electrons. The van der Waals surface area contributed by atoms with Gasteiger partial charge < -0.3 is 14.6 Å². The largest absolute Gasteiger partial charge is 0.394 e. The highest BCUT2D eigenvalue weighted by Crippen LogP contribution is 2.52. The second-order valence-electron chi connectivity index (χ2n) is 9.71. The summed E-state index contributed by atoms with van der Waals surface area (Å²) in [6.07, 6.45) is 9.19. The van der Waals surface area contributed by atoms with Gasteiger partial charge in [0.1, 0.15) is 0 Å². The minimum absolute atomic E-state index is 0.102. The molecule has 1 saturated carbocycles. The van der Waals surface area contributed by atoms with Crippen molar-refractivity contribution in [2.75, 3.05) is 19.8 Å². The van der Waals surface area contributed by atoms with E-state index in [4.69, 9.17) is 9.47 Å². The van der Waals surface area contributed by atoms with Crippen LogP contribution in [0.2, 0.25) is 0 Å². The van der Waals surface area contributed by atoms with Gasteiger partial charge in [-0.2, -0.15) is 0 Å². The van der Waals surface area contributed by atoms with Crippen molar-refractivity contribution >= 4 is 6.08 Å². The van der Waals surface area contributed by atoms with E-state index in [0.717, 1.165) is 6.42 Å². The van der Waals surface area contributed by atoms with Crippen molar-refractivity contribution in [1.29, 1.82) is 0 Å². The predicted molar refractivity (Wildman–Crippen MR) is 126 cm³/mol. The molecule has 3 heteroatoms. The monoisotopic (exact) mass is 420 g/mol. The smallest absolute Gasteiger partial charge is 0.0721 e. The minimum Gasteiger partial charge on any atom is -0.394 e. The summed E-state index contributed by atoms with van der Waals surface area (Å²) in [6, 6.07) is 17.2. The summed E-state index contributed by atoms with van der Waals surface area (Å²) in [4.78, 5) is 0. The van der Waals surface area contributed by atoms with E-state index in [2.05, 4.69) is 56.3 Å². The lowest BCUT2D eigenvalue weighted by Gasteiger charge is -2.50. The van der Waals surface area contributed by atoms with E-state index >= 15 is 0 Å². The second-order valence-corrected chi connectivity index (χ2v) is 9.71. The lowest BCUT2D eigenvalue weighted by Crippen LogP contribution is -2.47. The molecule has 0 bridgehead atoms. The first kappa shape index (κ1) is 22.3. The van der Waals surface area contributed by atoms with E-state index in [1.54, 1.807) is 0 Å². The molecule has 166 valence electrons. The fraction of sp³-hybridized carbons (Fsp3) is 0.500. The number of hydrogen-bond donors (Lipinski definition) is 1. The summed E-state index contributed by atoms with van der Waals surface area (Å²) in [5.74, 6) is 1.13. The molecular weight excluding hydrogens is 384 g/mol. The molecule has 3 nitrogen and oxygen atoms in total. The highest BCUT2D eigenvalue weighted by atomic mass is 16.5. The molecule has 0 aliphatic heterocycles. The van der Waals surface area contributed by atoms with E-state index in [0.29, 0.717) is 31.7 Å². The van der Waals surface area contributed by atoms with Crippen LogP contribution < -0.4 is 0 Å². The SMILES string of the molecule is CC1(C)CC[C@@H]2c3ccc(/C=C/COCc4ccccc4)cc3CC[C@H]2C1OCCO. The molecule has 1 fully saturated rings. The molecule has 1 unspecified atom stereocenters. The van der Waals surface area contributed by atoms with Gasteiger partial charge >= 0.3 is 0 Å². The third-order valence-corrected chi connectivity index (χ3v) is 7.11. The van der Waals surface area contributed by atoms with Crippen LogP contribution in [-0.4, -0.2) is 31.0 Å². The van der Waals surface area contributed by atoms with Crippen LogP contribution in [0.5, 0.6) is 0 Å². The molecule has 3 atom stereocenters. The van der Waals surface area contributed by atoms with Crippen molar-refractivity contribution in [3.05, 3.63) is 76.9 Å². The van der Waals surface area contributed by atoms with Gasteiger partial charge in [-0.1, -0.05) is 74.5 Å². The van der Waals surface area contributed by atoms with Crippen molar-refractivity contribution in [1.82, 2.24) is 0 Å². The molecule has 2 aromatic rings. The van der Waals surface area contributed by atoms with Crippen LogP contribution in [0, 0.1) is 11.3 Å². The summed E-state index contributed by atoms with van der Waals surface area (Å²) < 4.78 is 12.0. The lowest BCUT2D eigenvalue weighted by molar-refractivity contribution is -0.104. The number of benzene rings is 2. The van der Waals surface area contributed by atoms with Gasteiger partial charge in [0.15, 0.2) is 0 Å². The zero-order chi connectivity index (χ0) is 21.7. The number of aliphatic hydroxyl groups excluding tert-OH is 1. The average molecular weight is 421 g/mol. The van der Waals surface area contributed by atoms with Crippen molar-refractivity contribution in [2.45, 2.75) is 58.2 Å². The molecule has 2 aliphatic rings. The third kappa shape index (κ3) is 5.28. The van der Waals surface area contributed by atoms with Crippen molar-refractivity contribution in [2.24, 2.45) is 11.3 Å². The summed E-state index contributed by atoms with van der Waals surface area (Å²) in [5.41, 5.74) is 5.65. The molecule has 0 spiro atoms. The van der Waals surface area contributed by atoms with Gasteiger partial charge in [-0.15, -0.1) is 0 Å². The van der Waals surface area contributed by atoms with Crippen molar-refractivity contribution < 1.29 is 14.6 Å². The molecule has 0 saturated heterocycles. The molecule has 0 amide bonds. The third-order valence-electron chi connectivity index (χ3n) is 7.11. The number of hydrogen-bond acceptors (Lipinski definition) is 3. The van der Waals surface area contributed by atoms with Crippen LogP contribution in [0.4, 0.5) is 0 Å². The van der Waals surface area contributed by atoms with Gasteiger partial charge in [-0.25, -0.2) is 0 Å². The molecule has 0 aromatic heterocycles. The summed E-state index contributed by atoms with van der Waals surface area (Å²) in [6.45, 7) is 6.47. The normalized spacial score (nSPS) is 24.7. The molecule has 4 rings (SSSR count). The number of aryl methyl sites for hydroxylation is 1. The van der Waals surface area contributed by atoms with Crippen molar-refractivity contribution in [3.63, 3.8) is 0 Å². The van der Waals surface area contributed by atoms with Crippen LogP contribution in [0.25, 0.3) is 6.08 Å². The van der Waals surface area contributed by atoms with Gasteiger partial charge in [0.2, 0.25) is 0 Å². The number of ether oxygens (including phenoxy) is 2. The number of fused-ring (bicyclic) bond motifs is 3. The van der Waals surface area contributed by atoms with Gasteiger partial charge in [0.25, 0.3) is 0 Å². The topological polar surface area (TPSA) is 38.7 Å². The van der Waals surface area contributed by atoms with Crippen molar-refractivity contribution in [3.8, 4) is 0 Å². The molecule has 31 heavy (non-hydrogen) atoms. The standard InChI is InChI=1S/C28H36O3/c1-28(2)15-14-25-24-12-10-21(9-6-17-30-20-22-7-4-3-5-8-22)19-23(24)11-13-26(25)27(28)31-18-16-29/h3-10,12,19,25-27,29H,11,13-18,20H2,1-2H3/b9-6+/t25-,26-,27?/m1/s1. The number of rotatable bonds is 8. The van der Waals surface area contributed by atoms with E-state index < -0.39 is 0 Å². The van der Waals surface area contributed by atoms with E-state index in [-0.39, 0.29) is 18.1 Å². The Morgan fingerprint density at radius 2 is 1.94 bits per heavy atom. The number of aliphatic hydroxyl groups is 1. The molecule has 1 N–H and O–H groups in total. The van der Waals surface area contributed by atoms with Gasteiger partial charge in [-0.3, -0.25) is 0 Å². The maximum atomic E-state index is 9.27. The van der Waals surface area contributed by atoms with Crippen LogP contribution in [-0.2, 0) is 22.5 Å². The summed E-state index contributed by atoms with van der Waals surface area (Å²) in [7, 11) is 0. The van der Waals surface area contributed by atoms with E-state index in [9.17, 15) is 5.11 Å². The zero-order valence-electron chi connectivity index (χ0n) is 18.9. The Morgan fingerprint density at radius 1 is 1.10 bits per heavy atom. The van der Waals surface area contributed by atoms with Crippen LogP contribution in [0.15, 0.2) is 54.6 Å². The van der Waals surface area contributed by atoms with Gasteiger partial charge in [0.05, 0.1) is 32.5 Å². The lowest BCUT2D eigenvalue weighted by atomic mass is 9.59. The Bertz CT molecular complexity index is 871. The summed E-state index contributed by atoms with van der Waals surface area (Å²) >= 11 is 0. The average Bonchev–Trinajstić information content (AvgIpc) is 2.78. The minimum atomic E-state index is 0.102. The molecular formula is C28H36O3. The Morgan fingerprint density at radius 3 is 2.74 bits per heavy atom.